The Bertz CT molecular complexity index is 408. The molecule has 7 heteroatoms. The summed E-state index contributed by atoms with van der Waals surface area (Å²) in [6.07, 6.45) is 0. The predicted molar refractivity (Wildman–Crippen MR) is 69.0 cm³/mol. The SMILES string of the molecule is CC(CO)NC(=O)CNC(=O)c1ccc(Br)s1. The van der Waals surface area contributed by atoms with Crippen molar-refractivity contribution in [1.82, 2.24) is 10.6 Å². The van der Waals surface area contributed by atoms with Crippen LogP contribution < -0.4 is 10.6 Å². The zero-order chi connectivity index (χ0) is 12.8. The molecule has 0 fully saturated rings. The second kappa shape index (κ2) is 6.73. The lowest BCUT2D eigenvalue weighted by Crippen LogP contribution is -2.42. The molecule has 0 radical (unpaired) electrons. The molecule has 5 nitrogen and oxygen atoms in total. The van der Waals surface area contributed by atoms with Crippen molar-refractivity contribution in [3.8, 4) is 0 Å². The number of nitrogens with one attached hydrogen (secondary N) is 2. The van der Waals surface area contributed by atoms with Gasteiger partial charge in [0.05, 0.1) is 21.8 Å². The van der Waals surface area contributed by atoms with Gasteiger partial charge in [-0.1, -0.05) is 0 Å². The maximum Gasteiger partial charge on any atom is 0.261 e. The summed E-state index contributed by atoms with van der Waals surface area (Å²) in [7, 11) is 0. The maximum absolute atomic E-state index is 11.6. The number of amides is 2. The van der Waals surface area contributed by atoms with Gasteiger partial charge in [0.15, 0.2) is 0 Å². The van der Waals surface area contributed by atoms with Crippen molar-refractivity contribution in [2.45, 2.75) is 13.0 Å². The van der Waals surface area contributed by atoms with E-state index in [4.69, 9.17) is 5.11 Å². The van der Waals surface area contributed by atoms with Crippen LogP contribution in [0.4, 0.5) is 0 Å². The molecule has 0 aliphatic heterocycles. The lowest BCUT2D eigenvalue weighted by Gasteiger charge is -2.10. The Kier molecular flexibility index (Phi) is 5.60. The van der Waals surface area contributed by atoms with Crippen molar-refractivity contribution < 1.29 is 14.7 Å². The zero-order valence-corrected chi connectivity index (χ0v) is 11.6. The van der Waals surface area contributed by atoms with Crippen LogP contribution in [0.3, 0.4) is 0 Å². The van der Waals surface area contributed by atoms with Crippen LogP contribution in [0.1, 0.15) is 16.6 Å². The first-order chi connectivity index (χ1) is 8.02. The van der Waals surface area contributed by atoms with Crippen molar-refractivity contribution in [2.24, 2.45) is 0 Å². The molecular weight excluding hydrogens is 308 g/mol. The molecule has 1 rings (SSSR count). The summed E-state index contributed by atoms with van der Waals surface area (Å²) in [6.45, 7) is 1.45. The summed E-state index contributed by atoms with van der Waals surface area (Å²) >= 11 is 4.55. The summed E-state index contributed by atoms with van der Waals surface area (Å²) in [5.74, 6) is -0.608. The number of halogens is 1. The first kappa shape index (κ1) is 14.1. The van der Waals surface area contributed by atoms with Gasteiger partial charge in [-0.25, -0.2) is 0 Å². The normalized spacial score (nSPS) is 11.9. The van der Waals surface area contributed by atoms with Gasteiger partial charge >= 0.3 is 0 Å². The minimum absolute atomic E-state index is 0.0985. The van der Waals surface area contributed by atoms with Crippen LogP contribution in [-0.4, -0.2) is 36.1 Å². The highest BCUT2D eigenvalue weighted by molar-refractivity contribution is 9.11. The smallest absolute Gasteiger partial charge is 0.261 e. The van der Waals surface area contributed by atoms with Crippen molar-refractivity contribution in [3.05, 3.63) is 20.8 Å². The zero-order valence-electron chi connectivity index (χ0n) is 9.20. The van der Waals surface area contributed by atoms with E-state index in [0.717, 1.165) is 3.79 Å². The van der Waals surface area contributed by atoms with Crippen LogP contribution in [0, 0.1) is 0 Å². The average Bonchev–Trinajstić information content (AvgIpc) is 2.72. The molecular formula is C10H13BrN2O3S. The highest BCUT2D eigenvalue weighted by atomic mass is 79.9. The quantitative estimate of drug-likeness (QED) is 0.748. The van der Waals surface area contributed by atoms with Crippen LogP contribution >= 0.6 is 27.3 Å². The Morgan fingerprint density at radius 2 is 2.24 bits per heavy atom. The third kappa shape index (κ3) is 4.84. The minimum Gasteiger partial charge on any atom is -0.394 e. The van der Waals surface area contributed by atoms with Gasteiger partial charge in [-0.2, -0.15) is 0 Å². The number of carbonyl (C=O) groups is 2. The maximum atomic E-state index is 11.6. The monoisotopic (exact) mass is 320 g/mol. The number of hydrogen-bond acceptors (Lipinski definition) is 4. The van der Waals surface area contributed by atoms with Gasteiger partial charge < -0.3 is 15.7 Å². The Morgan fingerprint density at radius 1 is 1.53 bits per heavy atom. The van der Waals surface area contributed by atoms with Crippen molar-refractivity contribution >= 4 is 39.1 Å². The fourth-order valence-electron chi connectivity index (χ4n) is 1.06. The van der Waals surface area contributed by atoms with Gasteiger partial charge in [-0.3, -0.25) is 9.59 Å². The standard InChI is InChI=1S/C10H13BrN2O3S/c1-6(5-14)13-9(15)4-12-10(16)7-2-3-8(11)17-7/h2-3,6,14H,4-5H2,1H3,(H,12,16)(H,13,15). The van der Waals surface area contributed by atoms with E-state index >= 15 is 0 Å². The largest absolute Gasteiger partial charge is 0.394 e. The van der Waals surface area contributed by atoms with E-state index in [1.54, 1.807) is 19.1 Å². The van der Waals surface area contributed by atoms with Crippen LogP contribution in [-0.2, 0) is 4.79 Å². The number of hydrogen-bond donors (Lipinski definition) is 3. The van der Waals surface area contributed by atoms with Crippen molar-refractivity contribution in [1.29, 1.82) is 0 Å². The molecule has 17 heavy (non-hydrogen) atoms. The fraction of sp³-hybridized carbons (Fsp3) is 0.400. The summed E-state index contributed by atoms with van der Waals surface area (Å²) in [5.41, 5.74) is 0. The minimum atomic E-state index is -0.324. The van der Waals surface area contributed by atoms with Crippen LogP contribution in [0.25, 0.3) is 0 Å². The Morgan fingerprint density at radius 3 is 2.76 bits per heavy atom. The molecule has 1 atom stereocenters. The van der Waals surface area contributed by atoms with Gasteiger partial charge in [-0.15, -0.1) is 11.3 Å². The molecule has 0 bridgehead atoms. The highest BCUT2D eigenvalue weighted by Crippen LogP contribution is 2.21. The Balaban J connectivity index is 2.36. The summed E-state index contributed by atoms with van der Waals surface area (Å²) in [6, 6.07) is 3.14. The number of carbonyl (C=O) groups excluding carboxylic acids is 2. The molecule has 0 aliphatic carbocycles. The van der Waals surface area contributed by atoms with Gasteiger partial charge in [0.25, 0.3) is 5.91 Å². The summed E-state index contributed by atoms with van der Waals surface area (Å²) < 4.78 is 0.862. The highest BCUT2D eigenvalue weighted by Gasteiger charge is 2.11. The van der Waals surface area contributed by atoms with E-state index in [1.807, 2.05) is 0 Å². The Labute approximate surface area is 111 Å². The molecule has 0 spiro atoms. The van der Waals surface area contributed by atoms with Gasteiger partial charge in [0.1, 0.15) is 0 Å². The third-order valence-electron chi connectivity index (χ3n) is 1.89. The van der Waals surface area contributed by atoms with E-state index in [9.17, 15) is 9.59 Å². The molecule has 0 saturated heterocycles. The molecule has 0 saturated carbocycles. The molecule has 94 valence electrons. The third-order valence-corrected chi connectivity index (χ3v) is 3.51. The summed E-state index contributed by atoms with van der Waals surface area (Å²) in [5, 5.41) is 13.8. The molecule has 1 heterocycles. The van der Waals surface area contributed by atoms with Gasteiger partial charge in [0, 0.05) is 6.04 Å². The van der Waals surface area contributed by atoms with E-state index in [0.29, 0.717) is 4.88 Å². The molecule has 1 aromatic rings. The average molecular weight is 321 g/mol. The van der Waals surface area contributed by atoms with Crippen molar-refractivity contribution in [2.75, 3.05) is 13.2 Å². The molecule has 1 unspecified atom stereocenters. The second-order valence-electron chi connectivity index (χ2n) is 3.44. The first-order valence-electron chi connectivity index (χ1n) is 4.96. The molecule has 3 N–H and O–H groups in total. The van der Waals surface area contributed by atoms with Crippen LogP contribution in [0.15, 0.2) is 15.9 Å². The van der Waals surface area contributed by atoms with Gasteiger partial charge in [-0.05, 0) is 35.0 Å². The summed E-state index contributed by atoms with van der Waals surface area (Å²) in [4.78, 5) is 23.4. The predicted octanol–water partition coefficient (Wildman–Crippen LogP) is 0.737. The van der Waals surface area contributed by atoms with Crippen molar-refractivity contribution in [3.63, 3.8) is 0 Å². The van der Waals surface area contributed by atoms with Crippen LogP contribution in [0.2, 0.25) is 0 Å². The second-order valence-corrected chi connectivity index (χ2v) is 5.90. The number of aliphatic hydroxyl groups is 1. The Hall–Kier alpha value is -0.920. The number of thiophene rings is 1. The molecule has 0 aliphatic rings. The first-order valence-corrected chi connectivity index (χ1v) is 6.57. The number of rotatable bonds is 5. The lowest BCUT2D eigenvalue weighted by molar-refractivity contribution is -0.121. The van der Waals surface area contributed by atoms with E-state index in [1.165, 1.54) is 11.3 Å². The van der Waals surface area contributed by atoms with Gasteiger partial charge in [0.2, 0.25) is 5.91 Å². The van der Waals surface area contributed by atoms with E-state index < -0.39 is 0 Å². The van der Waals surface area contributed by atoms with Crippen LogP contribution in [0.5, 0.6) is 0 Å². The lowest BCUT2D eigenvalue weighted by atomic mass is 10.3. The molecule has 2 amide bonds. The van der Waals surface area contributed by atoms with E-state index in [2.05, 4.69) is 26.6 Å². The fourth-order valence-corrected chi connectivity index (χ4v) is 2.36. The van der Waals surface area contributed by atoms with E-state index in [-0.39, 0.29) is 31.0 Å². The topological polar surface area (TPSA) is 78.4 Å². The number of aliphatic hydroxyl groups excluding tert-OH is 1. The molecule has 0 aromatic carbocycles. The molecule has 1 aromatic heterocycles.